The van der Waals surface area contributed by atoms with E-state index in [4.69, 9.17) is 11.5 Å². The minimum Gasteiger partial charge on any atom is -0.402 e. The standard InChI is InChI=1S/C9H17N3/c1-2-12-9(11)7-5-3-4-6-8(7)10/h2-6,10H2,1H3,(H2,11,12). The fourth-order valence-corrected chi connectivity index (χ4v) is 1.49. The van der Waals surface area contributed by atoms with Gasteiger partial charge in [-0.2, -0.15) is 0 Å². The van der Waals surface area contributed by atoms with Crippen LogP contribution in [0.1, 0.15) is 32.6 Å². The van der Waals surface area contributed by atoms with Gasteiger partial charge < -0.3 is 11.5 Å². The molecule has 0 unspecified atom stereocenters. The Kier molecular flexibility index (Phi) is 3.14. The quantitative estimate of drug-likeness (QED) is 0.478. The van der Waals surface area contributed by atoms with Gasteiger partial charge in [-0.25, -0.2) is 0 Å². The Labute approximate surface area is 73.5 Å². The molecule has 0 aromatic heterocycles. The lowest BCUT2D eigenvalue weighted by molar-refractivity contribution is 0.681. The molecule has 1 aliphatic rings. The molecular weight excluding hydrogens is 150 g/mol. The summed E-state index contributed by atoms with van der Waals surface area (Å²) < 4.78 is 0. The molecule has 1 aliphatic carbocycles. The first-order valence-corrected chi connectivity index (χ1v) is 4.53. The first-order valence-electron chi connectivity index (χ1n) is 4.53. The number of aliphatic imine (C=N–C) groups is 1. The van der Waals surface area contributed by atoms with Gasteiger partial charge in [-0.1, -0.05) is 0 Å². The molecule has 0 fully saturated rings. The van der Waals surface area contributed by atoms with E-state index in [0.29, 0.717) is 5.84 Å². The first kappa shape index (κ1) is 9.10. The molecule has 0 amide bonds. The van der Waals surface area contributed by atoms with Crippen LogP contribution in [0.2, 0.25) is 0 Å². The molecule has 0 bridgehead atoms. The number of amidine groups is 1. The zero-order valence-corrected chi connectivity index (χ0v) is 7.64. The third-order valence-corrected chi connectivity index (χ3v) is 2.15. The summed E-state index contributed by atoms with van der Waals surface area (Å²) in [6, 6.07) is 0. The minimum absolute atomic E-state index is 0.648. The highest BCUT2D eigenvalue weighted by molar-refractivity contribution is 5.97. The SMILES string of the molecule is CCN=C(N)C1=C(N)CCCC1. The van der Waals surface area contributed by atoms with Crippen molar-refractivity contribution in [2.24, 2.45) is 16.5 Å². The average Bonchev–Trinajstić information content (AvgIpc) is 2.05. The summed E-state index contributed by atoms with van der Waals surface area (Å²) in [5.41, 5.74) is 13.6. The summed E-state index contributed by atoms with van der Waals surface area (Å²) in [4.78, 5) is 4.16. The molecule has 4 N–H and O–H groups in total. The van der Waals surface area contributed by atoms with Gasteiger partial charge >= 0.3 is 0 Å². The van der Waals surface area contributed by atoms with Crippen molar-refractivity contribution in [2.45, 2.75) is 32.6 Å². The van der Waals surface area contributed by atoms with Gasteiger partial charge in [-0.15, -0.1) is 0 Å². The average molecular weight is 167 g/mol. The Bertz CT molecular complexity index is 216. The van der Waals surface area contributed by atoms with E-state index in [-0.39, 0.29) is 0 Å². The van der Waals surface area contributed by atoms with Crippen molar-refractivity contribution in [3.8, 4) is 0 Å². The molecule has 12 heavy (non-hydrogen) atoms. The molecular formula is C9H17N3. The summed E-state index contributed by atoms with van der Waals surface area (Å²) in [5.74, 6) is 0.648. The van der Waals surface area contributed by atoms with Crippen LogP contribution in [0.5, 0.6) is 0 Å². The number of nitrogens with two attached hydrogens (primary N) is 2. The van der Waals surface area contributed by atoms with Crippen LogP contribution in [0.15, 0.2) is 16.3 Å². The van der Waals surface area contributed by atoms with Crippen LogP contribution in [0.4, 0.5) is 0 Å². The molecule has 0 saturated heterocycles. The summed E-state index contributed by atoms with van der Waals surface area (Å²) in [6.07, 6.45) is 4.36. The van der Waals surface area contributed by atoms with Gasteiger partial charge in [0.2, 0.25) is 0 Å². The predicted octanol–water partition coefficient (Wildman–Crippen LogP) is 1.15. The van der Waals surface area contributed by atoms with Gasteiger partial charge in [0.1, 0.15) is 5.84 Å². The molecule has 0 saturated carbocycles. The van der Waals surface area contributed by atoms with Crippen LogP contribution in [-0.4, -0.2) is 12.4 Å². The summed E-state index contributed by atoms with van der Waals surface area (Å²) >= 11 is 0. The third-order valence-electron chi connectivity index (χ3n) is 2.15. The van der Waals surface area contributed by atoms with Crippen molar-refractivity contribution >= 4 is 5.84 Å². The highest BCUT2D eigenvalue weighted by Gasteiger charge is 2.12. The van der Waals surface area contributed by atoms with E-state index in [2.05, 4.69) is 4.99 Å². The lowest BCUT2D eigenvalue weighted by atomic mass is 9.96. The molecule has 0 atom stereocenters. The molecule has 68 valence electrons. The normalized spacial score (nSPS) is 19.9. The zero-order chi connectivity index (χ0) is 8.97. The highest BCUT2D eigenvalue weighted by Crippen LogP contribution is 2.21. The molecule has 0 radical (unpaired) electrons. The van der Waals surface area contributed by atoms with Crippen LogP contribution in [0.25, 0.3) is 0 Å². The van der Waals surface area contributed by atoms with Crippen molar-refractivity contribution in [1.29, 1.82) is 0 Å². The second kappa shape index (κ2) is 4.14. The summed E-state index contributed by atoms with van der Waals surface area (Å²) in [7, 11) is 0. The van der Waals surface area contributed by atoms with Crippen molar-refractivity contribution in [3.63, 3.8) is 0 Å². The van der Waals surface area contributed by atoms with E-state index in [9.17, 15) is 0 Å². The first-order chi connectivity index (χ1) is 5.75. The van der Waals surface area contributed by atoms with Crippen molar-refractivity contribution in [1.82, 2.24) is 0 Å². The molecule has 3 nitrogen and oxygen atoms in total. The summed E-state index contributed by atoms with van der Waals surface area (Å²) in [6.45, 7) is 2.72. The maximum atomic E-state index is 5.83. The van der Waals surface area contributed by atoms with Gasteiger partial charge in [-0.3, -0.25) is 4.99 Å². The third kappa shape index (κ3) is 2.00. The maximum absolute atomic E-state index is 5.83. The van der Waals surface area contributed by atoms with E-state index in [1.807, 2.05) is 6.92 Å². The van der Waals surface area contributed by atoms with Crippen LogP contribution in [0.3, 0.4) is 0 Å². The van der Waals surface area contributed by atoms with Gasteiger partial charge in [0.25, 0.3) is 0 Å². The molecule has 0 spiro atoms. The molecule has 3 heteroatoms. The molecule has 0 aromatic rings. The number of nitrogens with zero attached hydrogens (tertiary/aromatic N) is 1. The lowest BCUT2D eigenvalue weighted by Crippen LogP contribution is -2.22. The fraction of sp³-hybridized carbons (Fsp3) is 0.667. The lowest BCUT2D eigenvalue weighted by Gasteiger charge is -2.16. The second-order valence-electron chi connectivity index (χ2n) is 3.07. The van der Waals surface area contributed by atoms with E-state index in [0.717, 1.165) is 30.7 Å². The molecule has 0 heterocycles. The monoisotopic (exact) mass is 167 g/mol. The van der Waals surface area contributed by atoms with Gasteiger partial charge in [0.15, 0.2) is 0 Å². The Hall–Kier alpha value is -0.990. The van der Waals surface area contributed by atoms with Crippen LogP contribution in [-0.2, 0) is 0 Å². The number of rotatable bonds is 2. The maximum Gasteiger partial charge on any atom is 0.123 e. The van der Waals surface area contributed by atoms with Gasteiger partial charge in [0.05, 0.1) is 0 Å². The van der Waals surface area contributed by atoms with Crippen molar-refractivity contribution in [3.05, 3.63) is 11.3 Å². The number of allylic oxidation sites excluding steroid dienone is 1. The van der Waals surface area contributed by atoms with Crippen LogP contribution >= 0.6 is 0 Å². The predicted molar refractivity (Wildman–Crippen MR) is 51.8 cm³/mol. The van der Waals surface area contributed by atoms with Gasteiger partial charge in [-0.05, 0) is 32.6 Å². The Morgan fingerprint density at radius 2 is 2.08 bits per heavy atom. The smallest absolute Gasteiger partial charge is 0.123 e. The fourth-order valence-electron chi connectivity index (χ4n) is 1.49. The Morgan fingerprint density at radius 3 is 2.67 bits per heavy atom. The molecule has 0 aromatic carbocycles. The second-order valence-corrected chi connectivity index (χ2v) is 3.07. The topological polar surface area (TPSA) is 64.4 Å². The Morgan fingerprint density at radius 1 is 1.42 bits per heavy atom. The van der Waals surface area contributed by atoms with Gasteiger partial charge in [0, 0.05) is 17.8 Å². The van der Waals surface area contributed by atoms with E-state index < -0.39 is 0 Å². The number of hydrogen-bond acceptors (Lipinski definition) is 2. The van der Waals surface area contributed by atoms with E-state index >= 15 is 0 Å². The Balaban J connectivity index is 2.77. The highest BCUT2D eigenvalue weighted by atomic mass is 14.9. The van der Waals surface area contributed by atoms with Crippen molar-refractivity contribution < 1.29 is 0 Å². The van der Waals surface area contributed by atoms with Crippen LogP contribution < -0.4 is 11.5 Å². The van der Waals surface area contributed by atoms with E-state index in [1.54, 1.807) is 0 Å². The van der Waals surface area contributed by atoms with Crippen LogP contribution in [0, 0.1) is 0 Å². The van der Waals surface area contributed by atoms with E-state index in [1.165, 1.54) is 12.8 Å². The van der Waals surface area contributed by atoms with Crippen molar-refractivity contribution in [2.75, 3.05) is 6.54 Å². The molecule has 1 rings (SSSR count). The molecule has 0 aliphatic heterocycles. The number of hydrogen-bond donors (Lipinski definition) is 2. The summed E-state index contributed by atoms with van der Waals surface area (Å²) in [5, 5.41) is 0. The largest absolute Gasteiger partial charge is 0.402 e. The zero-order valence-electron chi connectivity index (χ0n) is 7.64. The minimum atomic E-state index is 0.648.